The molecule has 2 amide bonds. The number of nitrogens with one attached hydrogen (secondary N) is 1. The van der Waals surface area contributed by atoms with Gasteiger partial charge >= 0.3 is 6.03 Å². The summed E-state index contributed by atoms with van der Waals surface area (Å²) >= 11 is 0. The lowest BCUT2D eigenvalue weighted by Gasteiger charge is -2.27. The lowest BCUT2D eigenvalue weighted by molar-refractivity contribution is 0.109. The highest BCUT2D eigenvalue weighted by molar-refractivity contribution is 7.91. The third kappa shape index (κ3) is 3.56. The Bertz CT molecular complexity index is 726. The van der Waals surface area contributed by atoms with Gasteiger partial charge in [-0.15, -0.1) is 0 Å². The number of hydrogen-bond donors (Lipinski definition) is 2. The highest BCUT2D eigenvalue weighted by atomic mass is 32.2. The van der Waals surface area contributed by atoms with Crippen molar-refractivity contribution in [2.24, 2.45) is 5.41 Å². The molecule has 8 nitrogen and oxygen atoms in total. The van der Waals surface area contributed by atoms with Crippen LogP contribution in [0.2, 0.25) is 0 Å². The Morgan fingerprint density at radius 3 is 2.71 bits per heavy atom. The Hall–Kier alpha value is -1.61. The zero-order valence-electron chi connectivity index (χ0n) is 14.0. The molecule has 24 heavy (non-hydrogen) atoms. The lowest BCUT2D eigenvalue weighted by atomic mass is 10.1. The van der Waals surface area contributed by atoms with Gasteiger partial charge in [-0.2, -0.15) is 0 Å². The van der Waals surface area contributed by atoms with Crippen LogP contribution in [0.1, 0.15) is 18.7 Å². The van der Waals surface area contributed by atoms with Crippen molar-refractivity contribution in [3.8, 4) is 0 Å². The number of aromatic nitrogens is 2. The zero-order valence-corrected chi connectivity index (χ0v) is 14.8. The molecule has 134 valence electrons. The van der Waals surface area contributed by atoms with E-state index in [1.165, 1.54) is 11.9 Å². The van der Waals surface area contributed by atoms with Crippen molar-refractivity contribution in [2.75, 3.05) is 25.1 Å². The summed E-state index contributed by atoms with van der Waals surface area (Å²) in [4.78, 5) is 17.8. The van der Waals surface area contributed by atoms with E-state index in [1.807, 2.05) is 13.1 Å². The molecule has 1 saturated heterocycles. The van der Waals surface area contributed by atoms with Crippen molar-refractivity contribution in [1.29, 1.82) is 0 Å². The van der Waals surface area contributed by atoms with E-state index in [9.17, 15) is 18.3 Å². The topological polar surface area (TPSA) is 105 Å². The average molecular weight is 356 g/mol. The Balaban J connectivity index is 1.55. The second-order valence-corrected chi connectivity index (χ2v) is 9.24. The van der Waals surface area contributed by atoms with Crippen LogP contribution in [0.5, 0.6) is 0 Å². The van der Waals surface area contributed by atoms with Gasteiger partial charge in [0.15, 0.2) is 9.84 Å². The first-order valence-corrected chi connectivity index (χ1v) is 9.90. The Morgan fingerprint density at radius 2 is 2.21 bits per heavy atom. The number of imidazole rings is 1. The summed E-state index contributed by atoms with van der Waals surface area (Å²) in [5.74, 6) is 0.486. The van der Waals surface area contributed by atoms with Crippen LogP contribution in [-0.2, 0) is 16.4 Å². The van der Waals surface area contributed by atoms with E-state index in [0.29, 0.717) is 6.54 Å². The van der Waals surface area contributed by atoms with E-state index < -0.39 is 22.0 Å². The summed E-state index contributed by atoms with van der Waals surface area (Å²) in [6.45, 7) is 3.29. The van der Waals surface area contributed by atoms with Gasteiger partial charge in [0, 0.05) is 37.9 Å². The molecule has 1 aromatic rings. The number of amides is 2. The molecule has 0 unspecified atom stereocenters. The number of aliphatic hydroxyl groups excluding tert-OH is 1. The summed E-state index contributed by atoms with van der Waals surface area (Å²) in [5.41, 5.74) is 0.0440. The predicted octanol–water partition coefficient (Wildman–Crippen LogP) is -0.229. The lowest BCUT2D eigenvalue weighted by Crippen LogP contribution is -2.49. The number of aryl methyl sites for hydroxylation is 1. The van der Waals surface area contributed by atoms with Crippen molar-refractivity contribution in [2.45, 2.75) is 38.5 Å². The van der Waals surface area contributed by atoms with E-state index in [0.717, 1.165) is 25.2 Å². The second kappa shape index (κ2) is 6.03. The molecule has 0 spiro atoms. The minimum absolute atomic E-state index is 0.0440. The van der Waals surface area contributed by atoms with Crippen LogP contribution < -0.4 is 5.32 Å². The molecular weight excluding hydrogens is 332 g/mol. The van der Waals surface area contributed by atoms with Crippen molar-refractivity contribution in [3.63, 3.8) is 0 Å². The van der Waals surface area contributed by atoms with Gasteiger partial charge < -0.3 is 19.9 Å². The molecule has 1 saturated carbocycles. The first-order chi connectivity index (χ1) is 11.2. The van der Waals surface area contributed by atoms with Crippen LogP contribution in [0.15, 0.2) is 12.4 Å². The third-order valence-electron chi connectivity index (χ3n) is 5.11. The van der Waals surface area contributed by atoms with Crippen LogP contribution in [0.3, 0.4) is 0 Å². The maximum atomic E-state index is 12.3. The fourth-order valence-electron chi connectivity index (χ4n) is 3.22. The molecule has 2 atom stereocenters. The molecular formula is C15H24N4O4S. The van der Waals surface area contributed by atoms with Crippen LogP contribution in [0.25, 0.3) is 0 Å². The maximum Gasteiger partial charge on any atom is 0.317 e. The number of likely N-dealkylation sites (N-methyl/N-ethyl adjacent to an activating group) is 1. The van der Waals surface area contributed by atoms with Crippen molar-refractivity contribution < 1.29 is 18.3 Å². The van der Waals surface area contributed by atoms with Crippen molar-refractivity contribution >= 4 is 15.9 Å². The monoisotopic (exact) mass is 356 g/mol. The molecule has 3 rings (SSSR count). The van der Waals surface area contributed by atoms with Crippen LogP contribution in [-0.4, -0.2) is 71.3 Å². The Kier molecular flexibility index (Phi) is 4.33. The standard InChI is InChI=1S/C15H24N4O4S/c1-11-16-5-6-19(11)10-15(3-4-15)9-17-14(21)18(2)12-7-24(22,23)8-13(12)20/h5-6,12-13,20H,3-4,7-10H2,1-2H3,(H,17,21)/t12-,13-/m1/s1. The van der Waals surface area contributed by atoms with E-state index in [4.69, 9.17) is 0 Å². The van der Waals surface area contributed by atoms with Crippen molar-refractivity contribution in [3.05, 3.63) is 18.2 Å². The van der Waals surface area contributed by atoms with Gasteiger partial charge in [-0.1, -0.05) is 0 Å². The highest BCUT2D eigenvalue weighted by Crippen LogP contribution is 2.46. The van der Waals surface area contributed by atoms with Crippen LogP contribution in [0.4, 0.5) is 4.79 Å². The fourth-order valence-corrected chi connectivity index (χ4v) is 5.06. The highest BCUT2D eigenvalue weighted by Gasteiger charge is 2.44. The summed E-state index contributed by atoms with van der Waals surface area (Å²) in [5, 5.41) is 12.8. The number of aliphatic hydroxyl groups is 1. The summed E-state index contributed by atoms with van der Waals surface area (Å²) in [6.07, 6.45) is 4.75. The SMILES string of the molecule is Cc1nccn1CC1(CNC(=O)N(C)[C@@H]2CS(=O)(=O)C[C@H]2O)CC1. The molecule has 0 radical (unpaired) electrons. The molecule has 9 heteroatoms. The second-order valence-electron chi connectivity index (χ2n) is 7.08. The largest absolute Gasteiger partial charge is 0.390 e. The summed E-state index contributed by atoms with van der Waals surface area (Å²) in [7, 11) is -1.74. The zero-order chi connectivity index (χ0) is 17.5. The fraction of sp³-hybridized carbons (Fsp3) is 0.733. The average Bonchev–Trinajstić information content (AvgIpc) is 3.07. The number of urea groups is 1. The van der Waals surface area contributed by atoms with E-state index in [2.05, 4.69) is 14.9 Å². The molecule has 1 aromatic heterocycles. The van der Waals surface area contributed by atoms with Gasteiger partial charge in [-0.3, -0.25) is 0 Å². The molecule has 1 aliphatic heterocycles. The third-order valence-corrected chi connectivity index (χ3v) is 6.81. The minimum Gasteiger partial charge on any atom is -0.390 e. The van der Waals surface area contributed by atoms with E-state index in [-0.39, 0.29) is 23.0 Å². The first-order valence-electron chi connectivity index (χ1n) is 8.08. The molecule has 2 N–H and O–H groups in total. The minimum atomic E-state index is -3.28. The number of hydrogen-bond acceptors (Lipinski definition) is 5. The predicted molar refractivity (Wildman–Crippen MR) is 88.2 cm³/mol. The first kappa shape index (κ1) is 17.2. The van der Waals surface area contributed by atoms with E-state index >= 15 is 0 Å². The van der Waals surface area contributed by atoms with Gasteiger partial charge in [0.25, 0.3) is 0 Å². The smallest absolute Gasteiger partial charge is 0.317 e. The number of rotatable bonds is 5. The molecule has 1 aliphatic carbocycles. The summed E-state index contributed by atoms with van der Waals surface area (Å²) < 4.78 is 25.3. The maximum absolute atomic E-state index is 12.3. The Morgan fingerprint density at radius 1 is 1.50 bits per heavy atom. The van der Waals surface area contributed by atoms with Crippen LogP contribution in [0, 0.1) is 12.3 Å². The number of nitrogens with zero attached hydrogens (tertiary/aromatic N) is 3. The normalized spacial score (nSPS) is 27.0. The van der Waals surface area contributed by atoms with Gasteiger partial charge in [0.1, 0.15) is 5.82 Å². The Labute approximate surface area is 141 Å². The molecule has 2 heterocycles. The van der Waals surface area contributed by atoms with E-state index in [1.54, 1.807) is 6.20 Å². The molecule has 2 aliphatic rings. The number of carbonyl (C=O) groups is 1. The quantitative estimate of drug-likeness (QED) is 0.758. The van der Waals surface area contributed by atoms with Crippen molar-refractivity contribution in [1.82, 2.24) is 19.8 Å². The van der Waals surface area contributed by atoms with Gasteiger partial charge in [-0.25, -0.2) is 18.2 Å². The molecule has 0 bridgehead atoms. The number of sulfone groups is 1. The number of carbonyl (C=O) groups excluding carboxylic acids is 1. The molecule has 2 fully saturated rings. The van der Waals surface area contributed by atoms with Gasteiger partial charge in [0.05, 0.1) is 23.7 Å². The molecule has 0 aromatic carbocycles. The van der Waals surface area contributed by atoms with Gasteiger partial charge in [-0.05, 0) is 19.8 Å². The van der Waals surface area contributed by atoms with Crippen LogP contribution >= 0.6 is 0 Å². The van der Waals surface area contributed by atoms with Gasteiger partial charge in [0.2, 0.25) is 0 Å². The summed E-state index contributed by atoms with van der Waals surface area (Å²) in [6, 6.07) is -1.02.